The lowest BCUT2D eigenvalue weighted by atomic mass is 10.3. The Kier molecular flexibility index (Phi) is 5.11. The van der Waals surface area contributed by atoms with E-state index in [1.807, 2.05) is 18.2 Å². The number of hydrogen-bond acceptors (Lipinski definition) is 2. The van der Waals surface area contributed by atoms with Gasteiger partial charge in [0.15, 0.2) is 0 Å². The molecule has 0 aliphatic heterocycles. The van der Waals surface area contributed by atoms with Gasteiger partial charge in [0.05, 0.1) is 6.42 Å². The Balaban J connectivity index is 2.01. The van der Waals surface area contributed by atoms with Crippen molar-refractivity contribution >= 4 is 0 Å². The fourth-order valence-electron chi connectivity index (χ4n) is 1.11. The van der Waals surface area contributed by atoms with Gasteiger partial charge in [0.1, 0.15) is 12.4 Å². The summed E-state index contributed by atoms with van der Waals surface area (Å²) in [4.78, 5) is 0. The molecular weight excluding hydrogens is 219 g/mol. The van der Waals surface area contributed by atoms with E-state index in [0.717, 1.165) is 5.75 Å². The van der Waals surface area contributed by atoms with Crippen LogP contribution in [0.25, 0.3) is 0 Å². The topological polar surface area (TPSA) is 21.3 Å². The third kappa shape index (κ3) is 6.29. The van der Waals surface area contributed by atoms with Crippen LogP contribution in [0.5, 0.6) is 5.75 Å². The number of rotatable bonds is 6. The van der Waals surface area contributed by atoms with Gasteiger partial charge in [0, 0.05) is 13.1 Å². The minimum absolute atomic E-state index is 0.0678. The average Bonchev–Trinajstić information content (AvgIpc) is 2.23. The quantitative estimate of drug-likeness (QED) is 0.762. The molecule has 1 aromatic rings. The normalized spacial score (nSPS) is 11.4. The van der Waals surface area contributed by atoms with Crippen LogP contribution < -0.4 is 10.1 Å². The number of ether oxygens (including phenoxy) is 1. The highest BCUT2D eigenvalue weighted by Crippen LogP contribution is 2.17. The lowest BCUT2D eigenvalue weighted by Gasteiger charge is -2.08. The molecule has 0 spiro atoms. The molecular formula is C11H14F3NO. The van der Waals surface area contributed by atoms with Crippen molar-refractivity contribution in [1.82, 2.24) is 5.32 Å². The first-order chi connectivity index (χ1) is 7.58. The van der Waals surface area contributed by atoms with Crippen LogP contribution in [-0.2, 0) is 0 Å². The molecule has 1 N–H and O–H groups in total. The highest BCUT2D eigenvalue weighted by molar-refractivity contribution is 5.20. The van der Waals surface area contributed by atoms with Crippen LogP contribution in [0.4, 0.5) is 13.2 Å². The third-order valence-electron chi connectivity index (χ3n) is 1.88. The number of nitrogens with one attached hydrogen (secondary N) is 1. The molecule has 0 saturated heterocycles. The van der Waals surface area contributed by atoms with Gasteiger partial charge in [-0.3, -0.25) is 0 Å². The summed E-state index contributed by atoms with van der Waals surface area (Å²) in [6.45, 7) is 0.703. The minimum atomic E-state index is -4.09. The first-order valence-corrected chi connectivity index (χ1v) is 5.03. The van der Waals surface area contributed by atoms with Crippen molar-refractivity contribution in [3.63, 3.8) is 0 Å². The van der Waals surface area contributed by atoms with E-state index in [1.165, 1.54) is 0 Å². The molecule has 0 saturated carbocycles. The second kappa shape index (κ2) is 6.37. The van der Waals surface area contributed by atoms with Gasteiger partial charge < -0.3 is 10.1 Å². The first kappa shape index (κ1) is 12.8. The fourth-order valence-corrected chi connectivity index (χ4v) is 1.11. The lowest BCUT2D eigenvalue weighted by molar-refractivity contribution is -0.133. The van der Waals surface area contributed by atoms with E-state index in [0.29, 0.717) is 13.2 Å². The Morgan fingerprint density at radius 3 is 2.38 bits per heavy atom. The summed E-state index contributed by atoms with van der Waals surface area (Å²) in [5, 5.41) is 2.67. The maximum Gasteiger partial charge on any atom is 0.390 e. The monoisotopic (exact) mass is 233 g/mol. The molecule has 1 rings (SSSR count). The molecule has 0 unspecified atom stereocenters. The average molecular weight is 233 g/mol. The van der Waals surface area contributed by atoms with Crippen LogP contribution in [0.15, 0.2) is 30.3 Å². The zero-order chi connectivity index (χ0) is 11.9. The highest BCUT2D eigenvalue weighted by atomic mass is 19.4. The van der Waals surface area contributed by atoms with Crippen LogP contribution in [0.1, 0.15) is 6.42 Å². The lowest BCUT2D eigenvalue weighted by Crippen LogP contribution is -2.25. The van der Waals surface area contributed by atoms with Crippen molar-refractivity contribution in [2.75, 3.05) is 19.7 Å². The van der Waals surface area contributed by atoms with E-state index in [-0.39, 0.29) is 6.54 Å². The summed E-state index contributed by atoms with van der Waals surface area (Å²) >= 11 is 0. The molecule has 0 amide bonds. The Morgan fingerprint density at radius 2 is 1.75 bits per heavy atom. The van der Waals surface area contributed by atoms with E-state index in [4.69, 9.17) is 4.74 Å². The molecule has 16 heavy (non-hydrogen) atoms. The Labute approximate surface area is 92.4 Å². The number of para-hydroxylation sites is 1. The molecule has 90 valence electrons. The van der Waals surface area contributed by atoms with Crippen molar-refractivity contribution in [3.8, 4) is 5.75 Å². The van der Waals surface area contributed by atoms with Crippen molar-refractivity contribution in [3.05, 3.63) is 30.3 Å². The van der Waals surface area contributed by atoms with Gasteiger partial charge in [-0.15, -0.1) is 0 Å². The van der Waals surface area contributed by atoms with Gasteiger partial charge in [-0.2, -0.15) is 13.2 Å². The predicted octanol–water partition coefficient (Wildman–Crippen LogP) is 2.61. The van der Waals surface area contributed by atoms with Crippen LogP contribution >= 0.6 is 0 Å². The number of hydrogen-bond donors (Lipinski definition) is 1. The number of benzene rings is 1. The van der Waals surface area contributed by atoms with Crippen LogP contribution in [0.3, 0.4) is 0 Å². The standard InChI is InChI=1S/C11H14F3NO/c12-11(13,14)6-7-15-8-9-16-10-4-2-1-3-5-10/h1-5,15H,6-9H2. The highest BCUT2D eigenvalue weighted by Gasteiger charge is 2.25. The Morgan fingerprint density at radius 1 is 1.06 bits per heavy atom. The van der Waals surface area contributed by atoms with Crippen LogP contribution in [-0.4, -0.2) is 25.9 Å². The fraction of sp³-hybridized carbons (Fsp3) is 0.455. The molecule has 2 nitrogen and oxygen atoms in total. The molecule has 0 aliphatic carbocycles. The van der Waals surface area contributed by atoms with E-state index in [2.05, 4.69) is 5.32 Å². The smallest absolute Gasteiger partial charge is 0.390 e. The van der Waals surface area contributed by atoms with Crippen molar-refractivity contribution in [1.29, 1.82) is 0 Å². The van der Waals surface area contributed by atoms with Gasteiger partial charge in [-0.1, -0.05) is 18.2 Å². The first-order valence-electron chi connectivity index (χ1n) is 5.03. The van der Waals surface area contributed by atoms with E-state index >= 15 is 0 Å². The van der Waals surface area contributed by atoms with E-state index in [1.54, 1.807) is 12.1 Å². The predicted molar refractivity (Wildman–Crippen MR) is 55.5 cm³/mol. The van der Waals surface area contributed by atoms with Gasteiger partial charge in [-0.05, 0) is 12.1 Å². The molecule has 0 aliphatic rings. The summed E-state index contributed by atoms with van der Waals surface area (Å²) in [5.74, 6) is 0.722. The van der Waals surface area contributed by atoms with Crippen molar-refractivity contribution in [2.45, 2.75) is 12.6 Å². The minimum Gasteiger partial charge on any atom is -0.492 e. The largest absolute Gasteiger partial charge is 0.492 e. The Bertz CT molecular complexity index is 287. The summed E-state index contributed by atoms with van der Waals surface area (Å²) in [6, 6.07) is 9.15. The second-order valence-corrected chi connectivity index (χ2v) is 3.28. The summed E-state index contributed by atoms with van der Waals surface area (Å²) in [7, 11) is 0. The molecule has 0 bridgehead atoms. The van der Waals surface area contributed by atoms with Crippen LogP contribution in [0.2, 0.25) is 0 Å². The van der Waals surface area contributed by atoms with Gasteiger partial charge in [-0.25, -0.2) is 0 Å². The number of halogens is 3. The Hall–Kier alpha value is -1.23. The second-order valence-electron chi connectivity index (χ2n) is 3.28. The molecule has 0 radical (unpaired) electrons. The zero-order valence-electron chi connectivity index (χ0n) is 8.76. The molecule has 0 fully saturated rings. The van der Waals surface area contributed by atoms with E-state index in [9.17, 15) is 13.2 Å². The van der Waals surface area contributed by atoms with Gasteiger partial charge in [0.2, 0.25) is 0 Å². The summed E-state index contributed by atoms with van der Waals surface area (Å²) in [5.41, 5.74) is 0. The third-order valence-corrected chi connectivity index (χ3v) is 1.88. The summed E-state index contributed by atoms with van der Waals surface area (Å²) in [6.07, 6.45) is -4.90. The van der Waals surface area contributed by atoms with E-state index < -0.39 is 12.6 Å². The van der Waals surface area contributed by atoms with Crippen LogP contribution in [0, 0.1) is 0 Å². The molecule has 0 aromatic heterocycles. The molecule has 0 heterocycles. The molecule has 5 heteroatoms. The summed E-state index contributed by atoms with van der Waals surface area (Å²) < 4.78 is 40.6. The van der Waals surface area contributed by atoms with Crippen molar-refractivity contribution in [2.24, 2.45) is 0 Å². The van der Waals surface area contributed by atoms with Gasteiger partial charge in [0.25, 0.3) is 0 Å². The maximum absolute atomic E-state index is 11.8. The maximum atomic E-state index is 11.8. The molecule has 1 aromatic carbocycles. The molecule has 0 atom stereocenters. The SMILES string of the molecule is FC(F)(F)CCNCCOc1ccccc1. The van der Waals surface area contributed by atoms with Gasteiger partial charge >= 0.3 is 6.18 Å². The zero-order valence-corrected chi connectivity index (χ0v) is 8.76. The number of alkyl halides is 3. The van der Waals surface area contributed by atoms with Crippen molar-refractivity contribution < 1.29 is 17.9 Å².